The van der Waals surface area contributed by atoms with Crippen LogP contribution >= 0.6 is 11.6 Å². The zero-order chi connectivity index (χ0) is 27.1. The average Bonchev–Trinajstić information content (AvgIpc) is 2.77. The summed E-state index contributed by atoms with van der Waals surface area (Å²) < 4.78 is 26.4. The summed E-state index contributed by atoms with van der Waals surface area (Å²) in [5.41, 5.74) is 1.64. The van der Waals surface area contributed by atoms with Gasteiger partial charge >= 0.3 is 0 Å². The summed E-state index contributed by atoms with van der Waals surface area (Å²) in [6.07, 6.45) is 1.98. The number of amides is 2. The van der Waals surface area contributed by atoms with E-state index in [1.165, 1.54) is 4.31 Å². The van der Waals surface area contributed by atoms with Gasteiger partial charge in [-0.25, -0.2) is 8.42 Å². The summed E-state index contributed by atoms with van der Waals surface area (Å²) in [5, 5.41) is 3.46. The van der Waals surface area contributed by atoms with Gasteiger partial charge in [-0.3, -0.25) is 13.9 Å². The molecule has 0 aliphatic carbocycles. The van der Waals surface area contributed by atoms with Crippen molar-refractivity contribution in [2.75, 3.05) is 17.1 Å². The predicted octanol–water partition coefficient (Wildman–Crippen LogP) is 4.92. The van der Waals surface area contributed by atoms with Crippen LogP contribution in [0.25, 0.3) is 0 Å². The van der Waals surface area contributed by atoms with Gasteiger partial charge in [0.15, 0.2) is 0 Å². The highest BCUT2D eigenvalue weighted by molar-refractivity contribution is 7.92. The van der Waals surface area contributed by atoms with Crippen LogP contribution in [-0.4, -0.2) is 49.5 Å². The third kappa shape index (κ3) is 8.52. The van der Waals surface area contributed by atoms with E-state index in [2.05, 4.69) is 5.32 Å². The second-order valence-corrected chi connectivity index (χ2v) is 12.3. The van der Waals surface area contributed by atoms with Crippen molar-refractivity contribution in [2.24, 2.45) is 0 Å². The number of benzene rings is 2. The van der Waals surface area contributed by atoms with Gasteiger partial charge in [-0.1, -0.05) is 54.9 Å². The van der Waals surface area contributed by atoms with Crippen LogP contribution in [0.4, 0.5) is 5.69 Å². The first-order valence-corrected chi connectivity index (χ1v) is 14.4. The Morgan fingerprint density at radius 2 is 1.69 bits per heavy atom. The molecule has 0 saturated heterocycles. The number of anilines is 1. The van der Waals surface area contributed by atoms with Crippen molar-refractivity contribution in [3.63, 3.8) is 0 Å². The molecule has 0 aromatic heterocycles. The molecule has 0 spiro atoms. The molecule has 2 aromatic carbocycles. The average molecular weight is 536 g/mol. The lowest BCUT2D eigenvalue weighted by molar-refractivity contribution is -0.142. The first-order valence-electron chi connectivity index (χ1n) is 12.1. The number of carbonyl (C=O) groups is 2. The highest BCUT2D eigenvalue weighted by atomic mass is 35.5. The molecule has 0 aliphatic heterocycles. The van der Waals surface area contributed by atoms with Crippen molar-refractivity contribution in [1.29, 1.82) is 0 Å². The van der Waals surface area contributed by atoms with E-state index in [9.17, 15) is 18.0 Å². The molecular weight excluding hydrogens is 498 g/mol. The Hall–Kier alpha value is -2.58. The van der Waals surface area contributed by atoms with Gasteiger partial charge in [-0.05, 0) is 63.8 Å². The van der Waals surface area contributed by atoms with Gasteiger partial charge in [0, 0.05) is 30.1 Å². The number of rotatable bonds is 11. The second-order valence-electron chi connectivity index (χ2n) is 9.99. The van der Waals surface area contributed by atoms with Gasteiger partial charge in [-0.15, -0.1) is 0 Å². The highest BCUT2D eigenvalue weighted by Gasteiger charge is 2.30. The topological polar surface area (TPSA) is 86.8 Å². The Balaban J connectivity index is 2.24. The van der Waals surface area contributed by atoms with E-state index in [1.807, 2.05) is 58.0 Å². The summed E-state index contributed by atoms with van der Waals surface area (Å²) in [4.78, 5) is 28.2. The van der Waals surface area contributed by atoms with Crippen LogP contribution < -0.4 is 9.62 Å². The number of halogens is 1. The Morgan fingerprint density at radius 1 is 1.06 bits per heavy atom. The molecule has 0 radical (unpaired) electrons. The van der Waals surface area contributed by atoms with Crippen LogP contribution in [-0.2, 0) is 26.2 Å². The summed E-state index contributed by atoms with van der Waals surface area (Å²) in [7, 11) is -3.59. The summed E-state index contributed by atoms with van der Waals surface area (Å²) >= 11 is 6.22. The highest BCUT2D eigenvalue weighted by Crippen LogP contribution is 2.28. The van der Waals surface area contributed by atoms with Crippen molar-refractivity contribution >= 4 is 39.1 Å². The largest absolute Gasteiger partial charge is 0.350 e. The van der Waals surface area contributed by atoms with Crippen molar-refractivity contribution in [3.05, 3.63) is 64.7 Å². The molecule has 0 aliphatic rings. The van der Waals surface area contributed by atoms with Crippen LogP contribution in [0.5, 0.6) is 0 Å². The van der Waals surface area contributed by atoms with Gasteiger partial charge in [0.25, 0.3) is 0 Å². The molecule has 9 heteroatoms. The van der Waals surface area contributed by atoms with Gasteiger partial charge < -0.3 is 10.2 Å². The normalized spacial score (nSPS) is 12.6. The molecule has 0 bridgehead atoms. The predicted molar refractivity (Wildman–Crippen MR) is 147 cm³/mol. The zero-order valence-electron chi connectivity index (χ0n) is 22.0. The number of carbonyl (C=O) groups excluding carboxylic acids is 2. The molecule has 0 unspecified atom stereocenters. The van der Waals surface area contributed by atoms with E-state index in [0.717, 1.165) is 11.8 Å². The zero-order valence-corrected chi connectivity index (χ0v) is 23.6. The van der Waals surface area contributed by atoms with Crippen molar-refractivity contribution < 1.29 is 18.0 Å². The van der Waals surface area contributed by atoms with E-state index in [1.54, 1.807) is 30.0 Å². The van der Waals surface area contributed by atoms with Crippen molar-refractivity contribution in [2.45, 2.75) is 72.0 Å². The fraction of sp³-hybridized carbons (Fsp3) is 0.481. The van der Waals surface area contributed by atoms with Crippen LogP contribution in [0.2, 0.25) is 5.02 Å². The molecule has 0 heterocycles. The van der Waals surface area contributed by atoms with E-state index < -0.39 is 21.6 Å². The number of nitrogens with zero attached hydrogens (tertiary/aromatic N) is 2. The maximum Gasteiger partial charge on any atom is 0.243 e. The Labute approximate surface area is 220 Å². The van der Waals surface area contributed by atoms with E-state index in [-0.39, 0.29) is 24.8 Å². The Kier molecular flexibility index (Phi) is 10.4. The Bertz CT molecular complexity index is 1150. The van der Waals surface area contributed by atoms with Gasteiger partial charge in [0.05, 0.1) is 11.9 Å². The molecule has 0 saturated carbocycles. The number of sulfonamides is 1. The molecule has 198 valence electrons. The summed E-state index contributed by atoms with van der Waals surface area (Å²) in [6, 6.07) is 14.0. The third-order valence-electron chi connectivity index (χ3n) is 5.74. The molecule has 36 heavy (non-hydrogen) atoms. The molecule has 1 atom stereocenters. The molecule has 1 N–H and O–H groups in total. The quantitative estimate of drug-likeness (QED) is 0.442. The van der Waals surface area contributed by atoms with Crippen LogP contribution in [0.15, 0.2) is 48.5 Å². The van der Waals surface area contributed by atoms with Crippen LogP contribution in [0.3, 0.4) is 0 Å². The lowest BCUT2D eigenvalue weighted by atomic mass is 10.0. The van der Waals surface area contributed by atoms with Gasteiger partial charge in [0.1, 0.15) is 6.04 Å². The van der Waals surface area contributed by atoms with Crippen LogP contribution in [0.1, 0.15) is 58.1 Å². The first-order chi connectivity index (χ1) is 16.7. The smallest absolute Gasteiger partial charge is 0.243 e. The van der Waals surface area contributed by atoms with E-state index in [4.69, 9.17) is 11.6 Å². The van der Waals surface area contributed by atoms with E-state index >= 15 is 0 Å². The summed E-state index contributed by atoms with van der Waals surface area (Å²) in [5.74, 6) is -0.410. The second kappa shape index (κ2) is 12.6. The fourth-order valence-electron chi connectivity index (χ4n) is 4.00. The minimum absolute atomic E-state index is 0.0950. The minimum Gasteiger partial charge on any atom is -0.350 e. The van der Waals surface area contributed by atoms with Gasteiger partial charge in [-0.2, -0.15) is 0 Å². The molecule has 2 amide bonds. The van der Waals surface area contributed by atoms with Gasteiger partial charge in [0.2, 0.25) is 21.8 Å². The van der Waals surface area contributed by atoms with Crippen molar-refractivity contribution in [3.8, 4) is 0 Å². The summed E-state index contributed by atoms with van der Waals surface area (Å²) in [6.45, 7) is 9.76. The maximum atomic E-state index is 13.5. The molecule has 2 aromatic rings. The lowest BCUT2D eigenvalue weighted by Crippen LogP contribution is -2.53. The van der Waals surface area contributed by atoms with Crippen LogP contribution in [0, 0.1) is 6.92 Å². The molecule has 7 nitrogen and oxygen atoms in total. The third-order valence-corrected chi connectivity index (χ3v) is 7.33. The van der Waals surface area contributed by atoms with E-state index in [0.29, 0.717) is 35.7 Å². The number of hydrogen-bond acceptors (Lipinski definition) is 4. The first kappa shape index (κ1) is 29.6. The molecule has 2 rings (SSSR count). The standard InChI is InChI=1S/C27H38ClN3O4S/c1-7-23(26(33)29-27(3,4)5)30(19-21-13-9-8-10-14-21)25(32)17-12-18-31(36(6,34)35)24-16-11-15-22(28)20(24)2/h8-11,13-16,23H,7,12,17-19H2,1-6H3,(H,29,33)/t23-/m1/s1. The fourth-order valence-corrected chi connectivity index (χ4v) is 5.19. The Morgan fingerprint density at radius 3 is 2.25 bits per heavy atom. The molecular formula is C27H38ClN3O4S. The monoisotopic (exact) mass is 535 g/mol. The SMILES string of the molecule is CC[C@H](C(=O)NC(C)(C)C)N(Cc1ccccc1)C(=O)CCCN(c1cccc(Cl)c1C)S(C)(=O)=O. The number of nitrogens with one attached hydrogen (secondary N) is 1. The minimum atomic E-state index is -3.59. The lowest BCUT2D eigenvalue weighted by Gasteiger charge is -2.33. The molecule has 0 fully saturated rings. The number of hydrogen-bond donors (Lipinski definition) is 1. The maximum absolute atomic E-state index is 13.5. The van der Waals surface area contributed by atoms with Crippen molar-refractivity contribution in [1.82, 2.24) is 10.2 Å².